The summed E-state index contributed by atoms with van der Waals surface area (Å²) in [6.07, 6.45) is -3.51. The van der Waals surface area contributed by atoms with E-state index in [1.54, 1.807) is 0 Å². The van der Waals surface area contributed by atoms with Gasteiger partial charge in [0.2, 0.25) is 0 Å². The van der Waals surface area contributed by atoms with E-state index in [9.17, 15) is 19.4 Å². The molecule has 1 aromatic heterocycles. The predicted molar refractivity (Wildman–Crippen MR) is 54.5 cm³/mol. The van der Waals surface area contributed by atoms with Crippen LogP contribution in [0.4, 0.5) is 10.2 Å². The number of aliphatic hydroxyl groups is 2. The van der Waals surface area contributed by atoms with E-state index in [-0.39, 0.29) is 0 Å². The fourth-order valence-corrected chi connectivity index (χ4v) is 1.70. The van der Waals surface area contributed by atoms with Crippen molar-refractivity contribution in [2.75, 3.05) is 5.73 Å². The third-order valence-electron chi connectivity index (χ3n) is 2.69. The largest absolute Gasteiger partial charge is 0.388 e. The SMILES string of the molecule is C[C@H]1O[C@@H](n2cc(F)c(N)nc2=O)[C@H](O)[C@@H]1O. The van der Waals surface area contributed by atoms with Crippen molar-refractivity contribution in [2.45, 2.75) is 31.5 Å². The summed E-state index contributed by atoms with van der Waals surface area (Å²) in [6, 6.07) is 0. The Morgan fingerprint density at radius 2 is 2.18 bits per heavy atom. The first-order valence-corrected chi connectivity index (χ1v) is 4.97. The van der Waals surface area contributed by atoms with Gasteiger partial charge in [-0.2, -0.15) is 4.98 Å². The average molecular weight is 245 g/mol. The predicted octanol–water partition coefficient (Wildman–Crippen LogP) is -1.40. The molecule has 0 aromatic carbocycles. The van der Waals surface area contributed by atoms with Gasteiger partial charge in [-0.15, -0.1) is 0 Å². The minimum atomic E-state index is -1.33. The minimum Gasteiger partial charge on any atom is -0.388 e. The van der Waals surface area contributed by atoms with Crippen molar-refractivity contribution in [1.82, 2.24) is 9.55 Å². The Balaban J connectivity index is 2.42. The second-order valence-electron chi connectivity index (χ2n) is 3.88. The number of aromatic nitrogens is 2. The van der Waals surface area contributed by atoms with Crippen LogP contribution in [0, 0.1) is 5.82 Å². The molecule has 17 heavy (non-hydrogen) atoms. The van der Waals surface area contributed by atoms with E-state index in [1.807, 2.05) is 0 Å². The summed E-state index contributed by atoms with van der Waals surface area (Å²) >= 11 is 0. The van der Waals surface area contributed by atoms with E-state index in [0.29, 0.717) is 0 Å². The smallest absolute Gasteiger partial charge is 0.351 e. The molecule has 2 rings (SSSR count). The molecule has 1 aromatic rings. The van der Waals surface area contributed by atoms with Gasteiger partial charge >= 0.3 is 5.69 Å². The molecular formula is C9H12FN3O4. The molecule has 1 fully saturated rings. The zero-order valence-corrected chi connectivity index (χ0v) is 8.95. The Bertz CT molecular complexity index is 492. The highest BCUT2D eigenvalue weighted by molar-refractivity contribution is 5.26. The number of halogens is 1. The van der Waals surface area contributed by atoms with Gasteiger partial charge in [-0.3, -0.25) is 4.57 Å². The second kappa shape index (κ2) is 4.06. The van der Waals surface area contributed by atoms with Crippen LogP contribution in [0.2, 0.25) is 0 Å². The first-order chi connectivity index (χ1) is 7.91. The zero-order chi connectivity index (χ0) is 12.7. The van der Waals surface area contributed by atoms with Crippen LogP contribution in [-0.2, 0) is 4.74 Å². The highest BCUT2D eigenvalue weighted by Crippen LogP contribution is 2.28. The molecule has 0 unspecified atom stereocenters. The fraction of sp³-hybridized carbons (Fsp3) is 0.556. The van der Waals surface area contributed by atoms with E-state index in [4.69, 9.17) is 10.5 Å². The van der Waals surface area contributed by atoms with Crippen molar-refractivity contribution in [2.24, 2.45) is 0 Å². The summed E-state index contributed by atoms with van der Waals surface area (Å²) in [5.41, 5.74) is 4.27. The van der Waals surface area contributed by atoms with Crippen LogP contribution in [0.15, 0.2) is 11.0 Å². The van der Waals surface area contributed by atoms with Crippen LogP contribution in [0.25, 0.3) is 0 Å². The Morgan fingerprint density at radius 1 is 1.53 bits per heavy atom. The minimum absolute atomic E-state index is 0.521. The summed E-state index contributed by atoms with van der Waals surface area (Å²) in [6.45, 7) is 1.53. The van der Waals surface area contributed by atoms with Gasteiger partial charge in [0.25, 0.3) is 0 Å². The lowest BCUT2D eigenvalue weighted by Crippen LogP contribution is -2.35. The topological polar surface area (TPSA) is 111 Å². The quantitative estimate of drug-likeness (QED) is 0.561. The van der Waals surface area contributed by atoms with Crippen molar-refractivity contribution >= 4 is 5.82 Å². The maximum atomic E-state index is 13.2. The summed E-state index contributed by atoms with van der Waals surface area (Å²) in [5, 5.41) is 19.1. The van der Waals surface area contributed by atoms with Gasteiger partial charge in [-0.05, 0) is 6.92 Å². The number of rotatable bonds is 1. The normalized spacial score (nSPS) is 32.9. The molecule has 4 N–H and O–H groups in total. The molecule has 7 nitrogen and oxygen atoms in total. The van der Waals surface area contributed by atoms with Crippen LogP contribution in [0.1, 0.15) is 13.2 Å². The number of nitrogen functional groups attached to an aromatic ring is 1. The van der Waals surface area contributed by atoms with Gasteiger partial charge in [0.1, 0.15) is 12.2 Å². The van der Waals surface area contributed by atoms with Crippen molar-refractivity contribution in [3.8, 4) is 0 Å². The van der Waals surface area contributed by atoms with Gasteiger partial charge in [0, 0.05) is 0 Å². The third-order valence-corrected chi connectivity index (χ3v) is 2.69. The Labute approximate surface area is 95.3 Å². The van der Waals surface area contributed by atoms with Gasteiger partial charge < -0.3 is 20.7 Å². The molecule has 1 saturated heterocycles. The summed E-state index contributed by atoms with van der Waals surface area (Å²) in [5.74, 6) is -1.42. The number of hydrogen-bond acceptors (Lipinski definition) is 6. The maximum absolute atomic E-state index is 13.2. The third kappa shape index (κ3) is 1.90. The van der Waals surface area contributed by atoms with Crippen molar-refractivity contribution in [3.05, 3.63) is 22.5 Å². The lowest BCUT2D eigenvalue weighted by Gasteiger charge is -2.17. The zero-order valence-electron chi connectivity index (χ0n) is 8.95. The van der Waals surface area contributed by atoms with E-state index in [1.165, 1.54) is 6.92 Å². The average Bonchev–Trinajstić information content (AvgIpc) is 2.51. The molecule has 1 aliphatic heterocycles. The second-order valence-corrected chi connectivity index (χ2v) is 3.88. The van der Waals surface area contributed by atoms with Gasteiger partial charge in [-0.25, -0.2) is 9.18 Å². The number of aliphatic hydroxyl groups excluding tert-OH is 2. The Kier molecular flexibility index (Phi) is 2.86. The highest BCUT2D eigenvalue weighted by Gasteiger charge is 2.41. The molecule has 1 aliphatic rings. The first kappa shape index (κ1) is 12.0. The van der Waals surface area contributed by atoms with Crippen LogP contribution in [-0.4, -0.2) is 38.1 Å². The van der Waals surface area contributed by atoms with Gasteiger partial charge in [0.05, 0.1) is 12.3 Å². The maximum Gasteiger partial charge on any atom is 0.351 e. The molecule has 0 aliphatic carbocycles. The lowest BCUT2D eigenvalue weighted by molar-refractivity contribution is -0.0355. The molecule has 4 atom stereocenters. The van der Waals surface area contributed by atoms with Crippen molar-refractivity contribution in [1.29, 1.82) is 0 Å². The standard InChI is InChI=1S/C9H12FN3O4/c1-3-5(14)6(15)8(17-3)13-2-4(10)7(11)12-9(13)16/h2-3,5-6,8,14-15H,1H3,(H2,11,12,16)/t3-,5-,6-,8-/m1/s1. The van der Waals surface area contributed by atoms with E-state index >= 15 is 0 Å². The lowest BCUT2D eigenvalue weighted by atomic mass is 10.1. The van der Waals surface area contributed by atoms with Crippen molar-refractivity contribution < 1.29 is 19.3 Å². The molecular weight excluding hydrogens is 233 g/mol. The Morgan fingerprint density at radius 3 is 2.71 bits per heavy atom. The Hall–Kier alpha value is -1.51. The van der Waals surface area contributed by atoms with Crippen LogP contribution in [0.5, 0.6) is 0 Å². The molecule has 0 spiro atoms. The number of hydrogen-bond donors (Lipinski definition) is 3. The molecule has 94 valence electrons. The van der Waals surface area contributed by atoms with Crippen LogP contribution in [0.3, 0.4) is 0 Å². The molecule has 2 heterocycles. The summed E-state index contributed by atoms with van der Waals surface area (Å²) in [4.78, 5) is 14.7. The monoisotopic (exact) mass is 245 g/mol. The molecule has 0 radical (unpaired) electrons. The fourth-order valence-electron chi connectivity index (χ4n) is 1.70. The van der Waals surface area contributed by atoms with E-state index in [2.05, 4.69) is 4.98 Å². The molecule has 0 bridgehead atoms. The van der Waals surface area contributed by atoms with E-state index < -0.39 is 41.9 Å². The number of nitrogens with two attached hydrogens (primary N) is 1. The number of anilines is 1. The molecule has 0 saturated carbocycles. The highest BCUT2D eigenvalue weighted by atomic mass is 19.1. The number of nitrogens with zero attached hydrogens (tertiary/aromatic N) is 2. The molecule has 8 heteroatoms. The van der Waals surface area contributed by atoms with Gasteiger partial charge in [0.15, 0.2) is 17.9 Å². The first-order valence-electron chi connectivity index (χ1n) is 4.97. The summed E-state index contributed by atoms with van der Waals surface area (Å²) < 4.78 is 19.1. The van der Waals surface area contributed by atoms with E-state index in [0.717, 1.165) is 10.8 Å². The van der Waals surface area contributed by atoms with Crippen molar-refractivity contribution in [3.63, 3.8) is 0 Å². The van der Waals surface area contributed by atoms with Gasteiger partial charge in [-0.1, -0.05) is 0 Å². The summed E-state index contributed by atoms with van der Waals surface area (Å²) in [7, 11) is 0. The van der Waals surface area contributed by atoms with Crippen LogP contribution >= 0.6 is 0 Å². The molecule has 0 amide bonds. The number of ether oxygens (including phenoxy) is 1. The van der Waals surface area contributed by atoms with Crippen LogP contribution < -0.4 is 11.4 Å².